The number of hydrogen-bond donors (Lipinski definition) is 1. The average molecular weight is 230 g/mol. The summed E-state index contributed by atoms with van der Waals surface area (Å²) in [4.78, 5) is 11.1. The van der Waals surface area contributed by atoms with Gasteiger partial charge >= 0.3 is 5.97 Å². The number of ether oxygens (including phenoxy) is 1. The molecule has 0 fully saturated rings. The van der Waals surface area contributed by atoms with Gasteiger partial charge in [-0.25, -0.2) is 4.79 Å². The fraction of sp³-hybridized carbons (Fsp3) is 0.300. The van der Waals surface area contributed by atoms with Crippen molar-refractivity contribution in [2.45, 2.75) is 6.54 Å². The van der Waals surface area contributed by atoms with Crippen LogP contribution in [0.2, 0.25) is 0 Å². The standard InChI is InChI=1S/C10H12ClNO3/c1-7(11)4-12-5-9-3-8(6-15-9)10(13)14-2/h3,6,12H,1,4-5H2,2H3. The van der Waals surface area contributed by atoms with Crippen LogP contribution < -0.4 is 5.32 Å². The maximum atomic E-state index is 11.1. The predicted octanol–water partition coefficient (Wildman–Crippen LogP) is 1.91. The number of rotatable bonds is 5. The Morgan fingerprint density at radius 3 is 3.07 bits per heavy atom. The van der Waals surface area contributed by atoms with Gasteiger partial charge in [0.2, 0.25) is 0 Å². The smallest absolute Gasteiger partial charge is 0.341 e. The molecule has 0 spiro atoms. The second kappa shape index (κ2) is 5.58. The zero-order valence-electron chi connectivity index (χ0n) is 8.38. The lowest BCUT2D eigenvalue weighted by atomic mass is 10.3. The minimum Gasteiger partial charge on any atom is -0.467 e. The van der Waals surface area contributed by atoms with E-state index >= 15 is 0 Å². The fourth-order valence-corrected chi connectivity index (χ4v) is 1.11. The Bertz CT molecular complexity index is 359. The van der Waals surface area contributed by atoms with Gasteiger partial charge in [-0.15, -0.1) is 0 Å². The van der Waals surface area contributed by atoms with E-state index in [4.69, 9.17) is 16.0 Å². The molecule has 1 aromatic rings. The molecule has 5 heteroatoms. The van der Waals surface area contributed by atoms with Crippen LogP contribution in [0, 0.1) is 0 Å². The zero-order chi connectivity index (χ0) is 11.3. The number of esters is 1. The highest BCUT2D eigenvalue weighted by molar-refractivity contribution is 6.29. The second-order valence-corrected chi connectivity index (χ2v) is 3.45. The molecule has 4 nitrogen and oxygen atoms in total. The van der Waals surface area contributed by atoms with Gasteiger partial charge in [-0.3, -0.25) is 0 Å². The highest BCUT2D eigenvalue weighted by atomic mass is 35.5. The van der Waals surface area contributed by atoms with E-state index in [0.29, 0.717) is 29.4 Å². The normalized spacial score (nSPS) is 10.0. The first-order valence-corrected chi connectivity index (χ1v) is 4.71. The Kier molecular flexibility index (Phi) is 4.39. The van der Waals surface area contributed by atoms with Crippen molar-refractivity contribution in [3.05, 3.63) is 35.3 Å². The molecule has 82 valence electrons. The third-order valence-corrected chi connectivity index (χ3v) is 1.82. The summed E-state index contributed by atoms with van der Waals surface area (Å²) >= 11 is 5.56. The molecule has 0 aromatic carbocycles. The third-order valence-electron chi connectivity index (χ3n) is 1.69. The molecular weight excluding hydrogens is 218 g/mol. The number of methoxy groups -OCH3 is 1. The summed E-state index contributed by atoms with van der Waals surface area (Å²) in [5.74, 6) is 0.236. The van der Waals surface area contributed by atoms with Crippen LogP contribution >= 0.6 is 11.6 Å². The van der Waals surface area contributed by atoms with Crippen molar-refractivity contribution in [3.8, 4) is 0 Å². The maximum Gasteiger partial charge on any atom is 0.341 e. The Labute approximate surface area is 92.9 Å². The van der Waals surface area contributed by atoms with E-state index in [-0.39, 0.29) is 0 Å². The molecule has 1 N–H and O–H groups in total. The Morgan fingerprint density at radius 1 is 1.73 bits per heavy atom. The lowest BCUT2D eigenvalue weighted by Crippen LogP contribution is -2.13. The van der Waals surface area contributed by atoms with Gasteiger partial charge in [-0.05, 0) is 6.07 Å². The maximum absolute atomic E-state index is 11.1. The highest BCUT2D eigenvalue weighted by Gasteiger charge is 2.09. The number of carbonyl (C=O) groups is 1. The van der Waals surface area contributed by atoms with Gasteiger partial charge in [-0.2, -0.15) is 0 Å². The van der Waals surface area contributed by atoms with Crippen LogP contribution in [0.3, 0.4) is 0 Å². The lowest BCUT2D eigenvalue weighted by Gasteiger charge is -1.98. The predicted molar refractivity (Wildman–Crippen MR) is 56.7 cm³/mol. The Hall–Kier alpha value is -1.26. The Morgan fingerprint density at radius 2 is 2.47 bits per heavy atom. The lowest BCUT2D eigenvalue weighted by molar-refractivity contribution is 0.0600. The molecule has 0 amide bonds. The van der Waals surface area contributed by atoms with Crippen molar-refractivity contribution in [1.82, 2.24) is 5.32 Å². The summed E-state index contributed by atoms with van der Waals surface area (Å²) in [7, 11) is 1.32. The molecule has 0 saturated heterocycles. The van der Waals surface area contributed by atoms with Crippen molar-refractivity contribution in [2.75, 3.05) is 13.7 Å². The van der Waals surface area contributed by atoms with Crippen LogP contribution in [0.25, 0.3) is 0 Å². The first-order valence-electron chi connectivity index (χ1n) is 4.33. The Balaban J connectivity index is 2.46. The number of halogens is 1. The molecule has 0 aliphatic rings. The molecule has 0 aliphatic carbocycles. The molecule has 1 aromatic heterocycles. The SMILES string of the molecule is C=C(Cl)CNCc1cc(C(=O)OC)co1. The van der Waals surface area contributed by atoms with Crippen molar-refractivity contribution < 1.29 is 13.9 Å². The third kappa shape index (κ3) is 3.77. The summed E-state index contributed by atoms with van der Waals surface area (Å²) < 4.78 is 9.67. The number of hydrogen-bond acceptors (Lipinski definition) is 4. The van der Waals surface area contributed by atoms with Gasteiger partial charge in [0.05, 0.1) is 19.2 Å². The number of nitrogens with one attached hydrogen (secondary N) is 1. The van der Waals surface area contributed by atoms with Crippen molar-refractivity contribution in [2.24, 2.45) is 0 Å². The summed E-state index contributed by atoms with van der Waals surface area (Å²) in [6.07, 6.45) is 1.36. The van der Waals surface area contributed by atoms with Crippen LogP contribution in [-0.2, 0) is 11.3 Å². The van der Waals surface area contributed by atoms with Crippen molar-refractivity contribution in [1.29, 1.82) is 0 Å². The van der Waals surface area contributed by atoms with Crippen LogP contribution in [0.1, 0.15) is 16.1 Å². The van der Waals surface area contributed by atoms with Gasteiger partial charge in [-0.1, -0.05) is 18.2 Å². The monoisotopic (exact) mass is 229 g/mol. The highest BCUT2D eigenvalue weighted by Crippen LogP contribution is 2.08. The van der Waals surface area contributed by atoms with Crippen LogP contribution in [0.4, 0.5) is 0 Å². The van der Waals surface area contributed by atoms with Crippen LogP contribution in [0.15, 0.2) is 28.4 Å². The molecule has 1 rings (SSSR count). The second-order valence-electron chi connectivity index (χ2n) is 2.91. The van der Waals surface area contributed by atoms with E-state index in [1.165, 1.54) is 13.4 Å². The van der Waals surface area contributed by atoms with Crippen molar-refractivity contribution in [3.63, 3.8) is 0 Å². The zero-order valence-corrected chi connectivity index (χ0v) is 9.13. The largest absolute Gasteiger partial charge is 0.467 e. The van der Waals surface area contributed by atoms with Gasteiger partial charge in [0.1, 0.15) is 12.0 Å². The first kappa shape index (κ1) is 11.8. The fourth-order valence-electron chi connectivity index (χ4n) is 1.02. The molecular formula is C10H12ClNO3. The molecule has 0 radical (unpaired) electrons. The van der Waals surface area contributed by atoms with Crippen LogP contribution in [0.5, 0.6) is 0 Å². The average Bonchev–Trinajstić information content (AvgIpc) is 2.65. The van der Waals surface area contributed by atoms with E-state index in [0.717, 1.165) is 0 Å². The van der Waals surface area contributed by atoms with Gasteiger partial charge in [0.15, 0.2) is 0 Å². The summed E-state index contributed by atoms with van der Waals surface area (Å²) in [6, 6.07) is 1.62. The first-order chi connectivity index (χ1) is 7.13. The minimum atomic E-state index is -0.410. The quantitative estimate of drug-likeness (QED) is 0.784. The summed E-state index contributed by atoms with van der Waals surface area (Å²) in [5.41, 5.74) is 0.402. The number of carbonyl (C=O) groups excluding carboxylic acids is 1. The molecule has 0 aliphatic heterocycles. The van der Waals surface area contributed by atoms with E-state index < -0.39 is 5.97 Å². The topological polar surface area (TPSA) is 51.5 Å². The molecule has 0 atom stereocenters. The molecule has 15 heavy (non-hydrogen) atoms. The van der Waals surface area contributed by atoms with Gasteiger partial charge < -0.3 is 14.5 Å². The molecule has 0 unspecified atom stereocenters. The minimum absolute atomic E-state index is 0.402. The van der Waals surface area contributed by atoms with Gasteiger partial charge in [0, 0.05) is 11.6 Å². The van der Waals surface area contributed by atoms with E-state index in [2.05, 4.69) is 16.6 Å². The van der Waals surface area contributed by atoms with E-state index in [1.807, 2.05) is 0 Å². The van der Waals surface area contributed by atoms with Crippen LogP contribution in [-0.4, -0.2) is 19.6 Å². The van der Waals surface area contributed by atoms with Gasteiger partial charge in [0.25, 0.3) is 0 Å². The summed E-state index contributed by atoms with van der Waals surface area (Å²) in [5, 5.41) is 3.52. The molecule has 0 saturated carbocycles. The van der Waals surface area contributed by atoms with E-state index in [1.54, 1.807) is 6.07 Å². The number of furan rings is 1. The van der Waals surface area contributed by atoms with E-state index in [9.17, 15) is 4.79 Å². The molecule has 1 heterocycles. The molecule has 0 bridgehead atoms. The summed E-state index contributed by atoms with van der Waals surface area (Å²) in [6.45, 7) is 4.52. The van der Waals surface area contributed by atoms with Crippen molar-refractivity contribution >= 4 is 17.6 Å².